The molecule has 244 valence electrons. The summed E-state index contributed by atoms with van der Waals surface area (Å²) in [6.45, 7) is 5.02. The number of rotatable bonds is 9. The molecule has 5 rings (SSSR count). The van der Waals surface area contributed by atoms with Crippen LogP contribution in [0.2, 0.25) is 0 Å². The number of carbonyl (C=O) groups excluding carboxylic acids is 1. The summed E-state index contributed by atoms with van der Waals surface area (Å²) in [5.74, 6) is -1.30. The van der Waals surface area contributed by atoms with Gasteiger partial charge in [-0.3, -0.25) is 14.5 Å². The molecule has 0 radical (unpaired) electrons. The van der Waals surface area contributed by atoms with Crippen LogP contribution in [-0.2, 0) is 11.3 Å². The van der Waals surface area contributed by atoms with Gasteiger partial charge in [0.2, 0.25) is 0 Å². The van der Waals surface area contributed by atoms with Crippen LogP contribution >= 0.6 is 24.8 Å². The van der Waals surface area contributed by atoms with Gasteiger partial charge in [-0.2, -0.15) is 0 Å². The average molecular weight is 670 g/mol. The largest absolute Gasteiger partial charge is 0.573 e. The molecular weight excluding hydrogens is 632 g/mol. The normalized spacial score (nSPS) is 17.2. The average Bonchev–Trinajstić information content (AvgIpc) is 3.44. The van der Waals surface area contributed by atoms with Crippen molar-refractivity contribution in [1.82, 2.24) is 9.88 Å². The number of likely N-dealkylation sites (tertiary alicyclic amines) is 1. The first-order chi connectivity index (χ1) is 20.6. The van der Waals surface area contributed by atoms with Crippen molar-refractivity contribution in [2.45, 2.75) is 58.0 Å². The number of alkyl halides is 3. The summed E-state index contributed by atoms with van der Waals surface area (Å²) in [6, 6.07) is 15.2. The first-order valence-corrected chi connectivity index (χ1v) is 14.6. The summed E-state index contributed by atoms with van der Waals surface area (Å²) in [5, 5.41) is 12.1. The lowest BCUT2D eigenvalue weighted by Gasteiger charge is -2.32. The van der Waals surface area contributed by atoms with Crippen molar-refractivity contribution >= 4 is 48.2 Å². The minimum absolute atomic E-state index is 0. The number of halogens is 5. The molecule has 2 aromatic carbocycles. The molecule has 2 fully saturated rings. The van der Waals surface area contributed by atoms with E-state index in [0.29, 0.717) is 55.5 Å². The van der Waals surface area contributed by atoms with Crippen LogP contribution < -0.4 is 15.0 Å². The Morgan fingerprint density at radius 1 is 1.00 bits per heavy atom. The van der Waals surface area contributed by atoms with Gasteiger partial charge in [0, 0.05) is 48.7 Å². The van der Waals surface area contributed by atoms with Gasteiger partial charge in [-0.05, 0) is 92.2 Å². The van der Waals surface area contributed by atoms with Gasteiger partial charge in [-0.25, -0.2) is 4.98 Å². The van der Waals surface area contributed by atoms with Crippen LogP contribution in [0.4, 0.5) is 24.7 Å². The zero-order valence-electron chi connectivity index (χ0n) is 24.8. The Balaban J connectivity index is 0.00000276. The number of hydrogen-bond donors (Lipinski definition) is 2. The van der Waals surface area contributed by atoms with E-state index in [1.807, 2.05) is 18.2 Å². The van der Waals surface area contributed by atoms with Gasteiger partial charge in [0.25, 0.3) is 5.91 Å². The number of aromatic nitrogens is 1. The third-order valence-corrected chi connectivity index (χ3v) is 8.31. The van der Waals surface area contributed by atoms with E-state index >= 15 is 0 Å². The number of ether oxygens (including phenoxy) is 1. The van der Waals surface area contributed by atoms with Crippen molar-refractivity contribution in [3.63, 3.8) is 0 Å². The van der Waals surface area contributed by atoms with Crippen LogP contribution in [0.25, 0.3) is 11.1 Å². The molecule has 0 bridgehead atoms. The Labute approximate surface area is 272 Å². The summed E-state index contributed by atoms with van der Waals surface area (Å²) in [5.41, 5.74) is 3.78. The summed E-state index contributed by atoms with van der Waals surface area (Å²) in [4.78, 5) is 33.4. The van der Waals surface area contributed by atoms with Crippen molar-refractivity contribution in [2.24, 2.45) is 5.92 Å². The van der Waals surface area contributed by atoms with Crippen LogP contribution in [-0.4, -0.2) is 58.9 Å². The topological polar surface area (TPSA) is 95.0 Å². The van der Waals surface area contributed by atoms with Gasteiger partial charge in [0.1, 0.15) is 11.6 Å². The number of carboxylic acids is 1. The fourth-order valence-electron chi connectivity index (χ4n) is 5.97. The zero-order chi connectivity index (χ0) is 30.6. The molecule has 2 N–H and O–H groups in total. The lowest BCUT2D eigenvalue weighted by Crippen LogP contribution is -2.36. The van der Waals surface area contributed by atoms with Crippen LogP contribution in [0.1, 0.15) is 54.9 Å². The Morgan fingerprint density at radius 2 is 1.67 bits per heavy atom. The molecule has 2 saturated heterocycles. The number of amides is 1. The molecule has 2 aliphatic rings. The number of piperidine rings is 1. The fraction of sp³-hybridized carbons (Fsp3) is 0.406. The summed E-state index contributed by atoms with van der Waals surface area (Å²) < 4.78 is 42.0. The predicted octanol–water partition coefficient (Wildman–Crippen LogP) is 7.42. The molecule has 3 aromatic rings. The van der Waals surface area contributed by atoms with Gasteiger partial charge in [0.15, 0.2) is 0 Å². The molecule has 45 heavy (non-hydrogen) atoms. The second-order valence-electron chi connectivity index (χ2n) is 11.1. The minimum atomic E-state index is -4.77. The first-order valence-electron chi connectivity index (χ1n) is 14.6. The van der Waals surface area contributed by atoms with Crippen LogP contribution in [0.3, 0.4) is 0 Å². The SMILES string of the molecule is CC[C@@H]1CCCN1Cc1cc(NC(=O)c2ccc(N3CCC(C(=O)O)CC3)cc2)ncc1-c1ccc(OC(F)(F)F)cc1.Cl.Cl. The molecule has 1 amide bonds. The second-order valence-corrected chi connectivity index (χ2v) is 11.1. The van der Waals surface area contributed by atoms with Crippen molar-refractivity contribution in [2.75, 3.05) is 29.9 Å². The van der Waals surface area contributed by atoms with E-state index in [-0.39, 0.29) is 42.4 Å². The highest BCUT2D eigenvalue weighted by Gasteiger charge is 2.31. The van der Waals surface area contributed by atoms with Crippen molar-refractivity contribution in [3.8, 4) is 16.9 Å². The van der Waals surface area contributed by atoms with Crippen molar-refractivity contribution in [3.05, 3.63) is 71.9 Å². The van der Waals surface area contributed by atoms with Gasteiger partial charge in [0.05, 0.1) is 5.92 Å². The highest BCUT2D eigenvalue weighted by atomic mass is 35.5. The van der Waals surface area contributed by atoms with Crippen molar-refractivity contribution < 1.29 is 32.6 Å². The molecule has 0 aliphatic carbocycles. The number of pyridine rings is 1. The molecule has 13 heteroatoms. The molecular formula is C32H37Cl2F3N4O4. The van der Waals surface area contributed by atoms with Gasteiger partial charge in [-0.15, -0.1) is 38.0 Å². The van der Waals surface area contributed by atoms with Gasteiger partial charge in [-0.1, -0.05) is 19.1 Å². The maximum Gasteiger partial charge on any atom is 0.573 e. The number of carbonyl (C=O) groups is 2. The molecule has 3 heterocycles. The predicted molar refractivity (Wildman–Crippen MR) is 172 cm³/mol. The van der Waals surface area contributed by atoms with Gasteiger partial charge < -0.3 is 20.1 Å². The van der Waals surface area contributed by atoms with E-state index in [1.54, 1.807) is 30.5 Å². The van der Waals surface area contributed by atoms with E-state index in [4.69, 9.17) is 0 Å². The van der Waals surface area contributed by atoms with E-state index in [0.717, 1.165) is 42.6 Å². The Hall–Kier alpha value is -3.54. The summed E-state index contributed by atoms with van der Waals surface area (Å²) >= 11 is 0. The van der Waals surface area contributed by atoms with Gasteiger partial charge >= 0.3 is 12.3 Å². The first kappa shape index (κ1) is 35.9. The van der Waals surface area contributed by atoms with E-state index < -0.39 is 12.3 Å². The van der Waals surface area contributed by atoms with Crippen LogP contribution in [0.15, 0.2) is 60.8 Å². The van der Waals surface area contributed by atoms with E-state index in [9.17, 15) is 27.9 Å². The number of hydrogen-bond acceptors (Lipinski definition) is 6. The van der Waals surface area contributed by atoms with E-state index in [1.165, 1.54) is 12.1 Å². The fourth-order valence-corrected chi connectivity index (χ4v) is 5.97. The van der Waals surface area contributed by atoms with Crippen LogP contribution in [0, 0.1) is 5.92 Å². The smallest absolute Gasteiger partial charge is 0.481 e. The molecule has 1 atom stereocenters. The molecule has 8 nitrogen and oxygen atoms in total. The molecule has 2 aliphatic heterocycles. The van der Waals surface area contributed by atoms with E-state index in [2.05, 4.69) is 31.8 Å². The molecule has 0 saturated carbocycles. The Bertz CT molecular complexity index is 1430. The zero-order valence-corrected chi connectivity index (χ0v) is 26.4. The number of nitrogens with one attached hydrogen (secondary N) is 1. The lowest BCUT2D eigenvalue weighted by molar-refractivity contribution is -0.274. The highest BCUT2D eigenvalue weighted by molar-refractivity contribution is 6.04. The Morgan fingerprint density at radius 3 is 2.27 bits per heavy atom. The quantitative estimate of drug-likeness (QED) is 0.245. The summed E-state index contributed by atoms with van der Waals surface area (Å²) in [6.07, 6.45) is 1.27. The van der Waals surface area contributed by atoms with Crippen LogP contribution in [0.5, 0.6) is 5.75 Å². The minimum Gasteiger partial charge on any atom is -0.481 e. The molecule has 0 unspecified atom stereocenters. The maximum atomic E-state index is 13.1. The Kier molecular flexibility index (Phi) is 12.5. The number of aliphatic carboxylic acids is 1. The highest BCUT2D eigenvalue weighted by Crippen LogP contribution is 2.32. The standard InChI is InChI=1S/C32H35F3N4O4.2ClH/c1-2-25-4-3-15-39(25)20-24-18-29(36-19-28(24)21-7-11-27(12-8-21)43-32(33,34)35)37-30(40)22-5-9-26(10-6-22)38-16-13-23(14-17-38)31(41)42;;/h5-12,18-19,23,25H,2-4,13-17,20H2,1H3,(H,41,42)(H,36,37,40);2*1H/t25-;;/m1../s1. The summed E-state index contributed by atoms with van der Waals surface area (Å²) in [7, 11) is 0. The third kappa shape index (κ3) is 9.24. The number of nitrogens with zero attached hydrogens (tertiary/aromatic N) is 3. The number of anilines is 2. The maximum absolute atomic E-state index is 13.1. The molecule has 1 aromatic heterocycles. The number of carboxylic acid groups (broad SMARTS) is 1. The molecule has 0 spiro atoms. The number of benzene rings is 2. The van der Waals surface area contributed by atoms with Crippen molar-refractivity contribution in [1.29, 1.82) is 0 Å². The third-order valence-electron chi connectivity index (χ3n) is 8.31. The lowest BCUT2D eigenvalue weighted by atomic mass is 9.96. The monoisotopic (exact) mass is 668 g/mol. The second kappa shape index (κ2) is 15.6.